The zero-order valence-corrected chi connectivity index (χ0v) is 13.7. The van der Waals surface area contributed by atoms with Crippen molar-refractivity contribution in [2.24, 2.45) is 0 Å². The van der Waals surface area contributed by atoms with Crippen molar-refractivity contribution in [1.82, 2.24) is 0 Å². The molecule has 2 rings (SSSR count). The van der Waals surface area contributed by atoms with Crippen molar-refractivity contribution in [3.05, 3.63) is 56.3 Å². The first-order valence-electron chi connectivity index (χ1n) is 7.09. The molecule has 0 saturated heterocycles. The van der Waals surface area contributed by atoms with E-state index in [1.165, 1.54) is 30.6 Å². The molecule has 126 valence electrons. The molecule has 0 aliphatic rings. The molecule has 0 amide bonds. The number of hydrogen-bond acceptors (Lipinski definition) is 7. The minimum absolute atomic E-state index is 0.00105. The van der Waals surface area contributed by atoms with Crippen molar-refractivity contribution >= 4 is 28.8 Å². The maximum absolute atomic E-state index is 11.9. The van der Waals surface area contributed by atoms with Gasteiger partial charge in [0.25, 0.3) is 0 Å². The van der Waals surface area contributed by atoms with Crippen LogP contribution < -0.4 is 4.74 Å². The third-order valence-corrected chi connectivity index (χ3v) is 4.10. The molecular formula is C16H15NO6S. The first-order valence-corrected chi connectivity index (χ1v) is 7.97. The highest BCUT2D eigenvalue weighted by atomic mass is 32.1. The molecule has 1 heterocycles. The van der Waals surface area contributed by atoms with Crippen LogP contribution in [0.25, 0.3) is 0 Å². The van der Waals surface area contributed by atoms with Gasteiger partial charge in [0.2, 0.25) is 0 Å². The van der Waals surface area contributed by atoms with E-state index in [9.17, 15) is 19.7 Å². The Morgan fingerprint density at radius 2 is 2.08 bits per heavy atom. The molecule has 0 bridgehead atoms. The van der Waals surface area contributed by atoms with E-state index in [4.69, 9.17) is 9.47 Å². The average molecular weight is 349 g/mol. The van der Waals surface area contributed by atoms with Gasteiger partial charge in [-0.2, -0.15) is 0 Å². The van der Waals surface area contributed by atoms with Crippen LogP contribution in [-0.2, 0) is 4.74 Å². The van der Waals surface area contributed by atoms with Crippen LogP contribution in [0.2, 0.25) is 0 Å². The number of esters is 1. The molecule has 0 unspecified atom stereocenters. The Morgan fingerprint density at radius 1 is 1.29 bits per heavy atom. The zero-order chi connectivity index (χ0) is 17.5. The van der Waals surface area contributed by atoms with Gasteiger partial charge in [-0.1, -0.05) is 6.07 Å². The number of benzene rings is 1. The monoisotopic (exact) mass is 349 g/mol. The molecule has 0 radical (unpaired) electrons. The number of carbonyl (C=O) groups is 2. The van der Waals surface area contributed by atoms with Crippen LogP contribution in [0, 0.1) is 10.1 Å². The number of nitro groups is 1. The highest BCUT2D eigenvalue weighted by Gasteiger charge is 2.19. The molecule has 0 saturated carbocycles. The lowest BCUT2D eigenvalue weighted by Crippen LogP contribution is -2.08. The second-order valence-corrected chi connectivity index (χ2v) is 5.73. The maximum atomic E-state index is 11.9. The van der Waals surface area contributed by atoms with Crippen molar-refractivity contribution in [2.45, 2.75) is 12.8 Å². The molecule has 0 fully saturated rings. The summed E-state index contributed by atoms with van der Waals surface area (Å²) in [6.45, 7) is 0.0653. The van der Waals surface area contributed by atoms with E-state index < -0.39 is 10.9 Å². The predicted molar refractivity (Wildman–Crippen MR) is 87.8 cm³/mol. The summed E-state index contributed by atoms with van der Waals surface area (Å²) in [6.07, 6.45) is 0.664. The van der Waals surface area contributed by atoms with Crippen molar-refractivity contribution in [3.8, 4) is 5.75 Å². The topological polar surface area (TPSA) is 95.7 Å². The molecule has 0 spiro atoms. The Balaban J connectivity index is 1.87. The predicted octanol–water partition coefficient (Wildman–Crippen LogP) is 3.48. The van der Waals surface area contributed by atoms with E-state index in [1.807, 2.05) is 5.38 Å². The van der Waals surface area contributed by atoms with Gasteiger partial charge in [0, 0.05) is 12.5 Å². The van der Waals surface area contributed by atoms with Crippen LogP contribution in [0.4, 0.5) is 5.69 Å². The Hall–Kier alpha value is -2.74. The van der Waals surface area contributed by atoms with Crippen molar-refractivity contribution in [3.63, 3.8) is 0 Å². The summed E-state index contributed by atoms with van der Waals surface area (Å²) in [6, 6.07) is 7.39. The molecule has 1 aromatic heterocycles. The second-order valence-electron chi connectivity index (χ2n) is 4.78. The largest absolute Gasteiger partial charge is 0.490 e. The fourth-order valence-corrected chi connectivity index (χ4v) is 2.70. The molecule has 0 N–H and O–H groups in total. The lowest BCUT2D eigenvalue weighted by atomic mass is 10.2. The van der Waals surface area contributed by atoms with Crippen molar-refractivity contribution < 1.29 is 24.0 Å². The van der Waals surface area contributed by atoms with E-state index in [0.29, 0.717) is 11.3 Å². The van der Waals surface area contributed by atoms with Gasteiger partial charge in [0.1, 0.15) is 0 Å². The van der Waals surface area contributed by atoms with Crippen molar-refractivity contribution in [2.75, 3.05) is 13.7 Å². The first-order chi connectivity index (χ1) is 11.5. The fourth-order valence-electron chi connectivity index (χ4n) is 2.00. The van der Waals surface area contributed by atoms with Crippen LogP contribution in [0.1, 0.15) is 32.9 Å². The highest BCUT2D eigenvalue weighted by Crippen LogP contribution is 2.27. The lowest BCUT2D eigenvalue weighted by molar-refractivity contribution is -0.385. The fraction of sp³-hybridized carbons (Fsp3) is 0.250. The van der Waals surface area contributed by atoms with Gasteiger partial charge in [-0.05, 0) is 30.0 Å². The number of hydrogen-bond donors (Lipinski definition) is 0. The Kier molecular flexibility index (Phi) is 6.02. The number of Topliss-reactive ketones (excluding diaryl/α,β-unsaturated/α-hetero) is 1. The van der Waals surface area contributed by atoms with Crippen molar-refractivity contribution in [1.29, 1.82) is 0 Å². The number of carbonyl (C=O) groups excluding carboxylic acids is 2. The van der Waals surface area contributed by atoms with Crippen LogP contribution in [-0.4, -0.2) is 30.4 Å². The number of nitrogens with zero attached hydrogens (tertiary/aromatic N) is 1. The molecule has 8 heteroatoms. The number of thiophene rings is 1. The van der Waals surface area contributed by atoms with Crippen LogP contribution in [0.15, 0.2) is 35.7 Å². The molecule has 7 nitrogen and oxygen atoms in total. The van der Waals surface area contributed by atoms with Gasteiger partial charge in [-0.3, -0.25) is 14.9 Å². The van der Waals surface area contributed by atoms with E-state index in [-0.39, 0.29) is 35.8 Å². The summed E-state index contributed by atoms with van der Waals surface area (Å²) in [5, 5.41) is 12.8. The minimum atomic E-state index is -0.677. The number of methoxy groups -OCH3 is 1. The standard InChI is InChI=1S/C16H15NO6S/c1-22-14-7-6-11(10-12(14)17(20)21)16(19)23-8-2-4-13(18)15-5-3-9-24-15/h3,5-7,9-10H,2,4,8H2,1H3. The number of nitro benzene ring substituents is 1. The summed E-state index contributed by atoms with van der Waals surface area (Å²) in [4.78, 5) is 34.7. The summed E-state index contributed by atoms with van der Waals surface area (Å²) < 4.78 is 9.92. The van der Waals surface area contributed by atoms with E-state index in [1.54, 1.807) is 12.1 Å². The van der Waals surface area contributed by atoms with E-state index >= 15 is 0 Å². The summed E-state index contributed by atoms with van der Waals surface area (Å²) in [5.74, 6) is -0.608. The van der Waals surface area contributed by atoms with Gasteiger partial charge in [-0.15, -0.1) is 11.3 Å². The maximum Gasteiger partial charge on any atom is 0.338 e. The SMILES string of the molecule is COc1ccc(C(=O)OCCCC(=O)c2cccs2)cc1[N+](=O)[O-]. The summed E-state index contributed by atoms with van der Waals surface area (Å²) in [5.41, 5.74) is -0.244. The summed E-state index contributed by atoms with van der Waals surface area (Å²) >= 11 is 1.37. The van der Waals surface area contributed by atoms with Gasteiger partial charge in [-0.25, -0.2) is 4.79 Å². The Morgan fingerprint density at radius 3 is 2.71 bits per heavy atom. The molecule has 24 heavy (non-hydrogen) atoms. The van der Waals surface area contributed by atoms with E-state index in [2.05, 4.69) is 0 Å². The molecule has 1 aromatic carbocycles. The third kappa shape index (κ3) is 4.39. The van der Waals surface area contributed by atoms with Crippen LogP contribution in [0.3, 0.4) is 0 Å². The van der Waals surface area contributed by atoms with Gasteiger partial charge in [0.15, 0.2) is 11.5 Å². The zero-order valence-electron chi connectivity index (χ0n) is 12.9. The molecule has 0 atom stereocenters. The lowest BCUT2D eigenvalue weighted by Gasteiger charge is -2.06. The summed E-state index contributed by atoms with van der Waals surface area (Å²) in [7, 11) is 1.31. The first kappa shape index (κ1) is 17.6. The third-order valence-electron chi connectivity index (χ3n) is 3.19. The molecular weight excluding hydrogens is 334 g/mol. The van der Waals surface area contributed by atoms with Gasteiger partial charge >= 0.3 is 11.7 Å². The minimum Gasteiger partial charge on any atom is -0.490 e. The molecule has 0 aliphatic heterocycles. The van der Waals surface area contributed by atoms with Gasteiger partial charge in [0.05, 0.1) is 29.1 Å². The molecule has 2 aromatic rings. The van der Waals surface area contributed by atoms with Crippen LogP contribution in [0.5, 0.6) is 5.75 Å². The number of rotatable bonds is 8. The van der Waals surface area contributed by atoms with Crippen LogP contribution >= 0.6 is 11.3 Å². The Bertz CT molecular complexity index is 741. The number of ketones is 1. The normalized spacial score (nSPS) is 10.2. The molecule has 0 aliphatic carbocycles. The Labute approximate surface area is 142 Å². The second kappa shape index (κ2) is 8.21. The quantitative estimate of drug-likeness (QED) is 0.238. The highest BCUT2D eigenvalue weighted by molar-refractivity contribution is 7.12. The number of ether oxygens (including phenoxy) is 2. The smallest absolute Gasteiger partial charge is 0.338 e. The average Bonchev–Trinajstić information content (AvgIpc) is 3.12. The van der Waals surface area contributed by atoms with Gasteiger partial charge < -0.3 is 9.47 Å². The van der Waals surface area contributed by atoms with E-state index in [0.717, 1.165) is 6.07 Å².